The molecule has 260 valence electrons. The Kier molecular flexibility index (Phi) is 9.95. The van der Waals surface area contributed by atoms with Gasteiger partial charge in [-0.1, -0.05) is 36.4 Å². The van der Waals surface area contributed by atoms with Crippen molar-refractivity contribution in [2.24, 2.45) is 12.5 Å². The Morgan fingerprint density at radius 1 is 0.939 bits per heavy atom. The van der Waals surface area contributed by atoms with Crippen molar-refractivity contribution in [1.29, 1.82) is 0 Å². The largest absolute Gasteiger partial charge is 0.379 e. The van der Waals surface area contributed by atoms with Gasteiger partial charge in [-0.15, -0.1) is 0 Å². The average molecular weight is 731 g/mol. The lowest BCUT2D eigenvalue weighted by Gasteiger charge is -2.47. The van der Waals surface area contributed by atoms with E-state index in [0.29, 0.717) is 28.6 Å². The number of amides is 2. The lowest BCUT2D eigenvalue weighted by molar-refractivity contribution is -0.134. The highest BCUT2D eigenvalue weighted by atomic mass is 79.9. The molecule has 5 heterocycles. The smallest absolute Gasteiger partial charge is 0.282 e. The predicted octanol–water partition coefficient (Wildman–Crippen LogP) is 4.85. The molecule has 1 unspecified atom stereocenters. The number of nitrogens with one attached hydrogen (secondary N) is 2. The number of piperidine rings is 4. The van der Waals surface area contributed by atoms with Crippen molar-refractivity contribution >= 4 is 39.1 Å². The van der Waals surface area contributed by atoms with E-state index in [0.717, 1.165) is 63.5 Å². The van der Waals surface area contributed by atoms with Gasteiger partial charge in [-0.25, -0.2) is 4.68 Å². The van der Waals surface area contributed by atoms with Crippen LogP contribution in [0.2, 0.25) is 0 Å². The number of halogens is 1. The topological polar surface area (TPSA) is 103 Å². The second-order valence-electron chi connectivity index (χ2n) is 14.9. The number of aromatic nitrogens is 2. The molecule has 0 radical (unpaired) electrons. The first-order valence-corrected chi connectivity index (χ1v) is 18.6. The van der Waals surface area contributed by atoms with Crippen molar-refractivity contribution in [3.63, 3.8) is 0 Å². The van der Waals surface area contributed by atoms with Crippen LogP contribution in [0.5, 0.6) is 0 Å². The average Bonchev–Trinajstić information content (AvgIpc) is 3.10. The molecule has 3 atom stereocenters. The maximum atomic E-state index is 12.5. The van der Waals surface area contributed by atoms with E-state index < -0.39 is 0 Å². The number of hydrogen-bond acceptors (Lipinski definition) is 8. The van der Waals surface area contributed by atoms with Gasteiger partial charge in [0.2, 0.25) is 11.8 Å². The van der Waals surface area contributed by atoms with Gasteiger partial charge in [-0.3, -0.25) is 24.6 Å². The highest BCUT2D eigenvalue weighted by Gasteiger charge is 2.38. The second-order valence-corrected chi connectivity index (χ2v) is 15.7. The number of imide groups is 1. The summed E-state index contributed by atoms with van der Waals surface area (Å²) in [4.78, 5) is 43.9. The SMILES string of the molecule is CN1C[C@H](Nc2cnn(C)c(=O)c2Br)C[C@H](c2ccc(CN3CCC4(CC3)CCN(c3cccc(C5CCC(=O)NC5=O)c3)CC4)cc2)C1. The van der Waals surface area contributed by atoms with Gasteiger partial charge < -0.3 is 15.1 Å². The molecule has 7 rings (SSSR count). The third-order valence-electron chi connectivity index (χ3n) is 11.5. The molecular formula is C38H48BrN7O3. The van der Waals surface area contributed by atoms with Crippen molar-refractivity contribution < 1.29 is 9.59 Å². The fraction of sp³-hybridized carbons (Fsp3) is 0.526. The zero-order chi connectivity index (χ0) is 34.1. The van der Waals surface area contributed by atoms with Crippen molar-refractivity contribution in [2.45, 2.75) is 69.4 Å². The number of carbonyl (C=O) groups is 2. The lowest BCUT2D eigenvalue weighted by atomic mass is 9.71. The van der Waals surface area contributed by atoms with Crippen LogP contribution in [0.15, 0.2) is 64.0 Å². The lowest BCUT2D eigenvalue weighted by Crippen LogP contribution is -2.46. The van der Waals surface area contributed by atoms with Crippen LogP contribution in [0, 0.1) is 5.41 Å². The normalized spacial score (nSPS) is 25.0. The van der Waals surface area contributed by atoms with Gasteiger partial charge in [0.25, 0.3) is 5.56 Å². The quantitative estimate of drug-likeness (QED) is 0.333. The van der Waals surface area contributed by atoms with E-state index in [-0.39, 0.29) is 29.3 Å². The van der Waals surface area contributed by atoms with Crippen molar-refractivity contribution in [2.75, 3.05) is 56.5 Å². The number of rotatable bonds is 7. The minimum atomic E-state index is -0.238. The molecule has 4 aliphatic rings. The fourth-order valence-electron chi connectivity index (χ4n) is 8.52. The van der Waals surface area contributed by atoms with Gasteiger partial charge in [0.1, 0.15) is 4.47 Å². The zero-order valence-corrected chi connectivity index (χ0v) is 30.3. The molecule has 10 nitrogen and oxygen atoms in total. The second kappa shape index (κ2) is 14.4. The summed E-state index contributed by atoms with van der Waals surface area (Å²) in [5.41, 5.74) is 5.99. The van der Waals surface area contributed by atoms with Crippen molar-refractivity contribution in [3.8, 4) is 0 Å². The molecule has 4 fully saturated rings. The molecule has 2 amide bonds. The number of carbonyl (C=O) groups excluding carboxylic acids is 2. The van der Waals surface area contributed by atoms with Crippen LogP contribution in [-0.4, -0.2) is 83.8 Å². The summed E-state index contributed by atoms with van der Waals surface area (Å²) < 4.78 is 1.87. The molecule has 2 N–H and O–H groups in total. The van der Waals surface area contributed by atoms with Crippen LogP contribution in [0.4, 0.5) is 11.4 Å². The molecule has 3 aromatic rings. The third kappa shape index (κ3) is 7.64. The summed E-state index contributed by atoms with van der Waals surface area (Å²) in [5, 5.41) is 10.3. The van der Waals surface area contributed by atoms with Gasteiger partial charge >= 0.3 is 0 Å². The summed E-state index contributed by atoms with van der Waals surface area (Å²) in [6.45, 7) is 7.30. The Morgan fingerprint density at radius 3 is 2.41 bits per heavy atom. The predicted molar refractivity (Wildman–Crippen MR) is 196 cm³/mol. The van der Waals surface area contributed by atoms with Crippen LogP contribution >= 0.6 is 15.9 Å². The van der Waals surface area contributed by atoms with E-state index in [1.165, 1.54) is 47.2 Å². The number of hydrogen-bond donors (Lipinski definition) is 2. The highest BCUT2D eigenvalue weighted by molar-refractivity contribution is 9.10. The van der Waals surface area contributed by atoms with E-state index in [1.807, 2.05) is 6.07 Å². The van der Waals surface area contributed by atoms with Gasteiger partial charge in [-0.05, 0) is 115 Å². The summed E-state index contributed by atoms with van der Waals surface area (Å²) >= 11 is 3.46. The molecule has 49 heavy (non-hydrogen) atoms. The first-order chi connectivity index (χ1) is 23.6. The maximum Gasteiger partial charge on any atom is 0.282 e. The van der Waals surface area contributed by atoms with Gasteiger partial charge in [0, 0.05) is 57.9 Å². The first kappa shape index (κ1) is 33.9. The number of anilines is 2. The van der Waals surface area contributed by atoms with E-state index in [4.69, 9.17) is 0 Å². The van der Waals surface area contributed by atoms with Gasteiger partial charge in [0.05, 0.1) is 17.8 Å². The summed E-state index contributed by atoms with van der Waals surface area (Å²) in [6.07, 6.45) is 8.63. The summed E-state index contributed by atoms with van der Waals surface area (Å²) in [7, 11) is 3.83. The minimum absolute atomic E-state index is 0.137. The standard InChI is InChI=1S/C38H48BrN7O3/c1-43-24-29(20-30(25-43)41-33-22-40-44(2)37(49)35(33)39)27-8-6-26(7-9-27)23-45-16-12-38(13-17-45)14-18-46(19-15-38)31-5-3-4-28(21-31)32-10-11-34(47)42-36(32)48/h3-9,21-22,29-30,32,41H,10-20,23-25H2,1-2H3,(H,42,47,48)/t29-,30+,32?/m0/s1. The molecule has 1 aromatic heterocycles. The van der Waals surface area contributed by atoms with Crippen molar-refractivity contribution in [3.05, 3.63) is 86.2 Å². The van der Waals surface area contributed by atoms with Crippen LogP contribution in [0.3, 0.4) is 0 Å². The maximum absolute atomic E-state index is 12.5. The van der Waals surface area contributed by atoms with Crippen LogP contribution in [0.25, 0.3) is 0 Å². The van der Waals surface area contributed by atoms with E-state index in [9.17, 15) is 14.4 Å². The monoisotopic (exact) mass is 729 g/mol. The number of benzene rings is 2. The molecule has 1 spiro atoms. The molecule has 2 aromatic carbocycles. The fourth-order valence-corrected chi connectivity index (χ4v) is 9.00. The Morgan fingerprint density at radius 2 is 1.67 bits per heavy atom. The molecule has 0 bridgehead atoms. The van der Waals surface area contributed by atoms with Crippen LogP contribution in [-0.2, 0) is 23.2 Å². The molecule has 0 saturated carbocycles. The molecule has 4 aliphatic heterocycles. The number of likely N-dealkylation sites (tertiary alicyclic amines) is 2. The Balaban J connectivity index is 0.893. The molecule has 4 saturated heterocycles. The van der Waals surface area contributed by atoms with Gasteiger partial charge in [0.15, 0.2) is 0 Å². The van der Waals surface area contributed by atoms with Crippen molar-refractivity contribution in [1.82, 2.24) is 24.9 Å². The molecule has 11 heteroatoms. The Hall–Kier alpha value is -3.54. The van der Waals surface area contributed by atoms with Gasteiger partial charge in [-0.2, -0.15) is 5.10 Å². The number of likely N-dealkylation sites (N-methyl/N-ethyl adjacent to an activating group) is 1. The Bertz CT molecular complexity index is 1730. The third-order valence-corrected chi connectivity index (χ3v) is 12.3. The van der Waals surface area contributed by atoms with E-state index >= 15 is 0 Å². The van der Waals surface area contributed by atoms with E-state index in [1.54, 1.807) is 13.2 Å². The number of aryl methyl sites for hydroxylation is 1. The number of nitrogens with zero attached hydrogens (tertiary/aromatic N) is 5. The molecular weight excluding hydrogens is 682 g/mol. The Labute approximate surface area is 297 Å². The zero-order valence-electron chi connectivity index (χ0n) is 28.7. The minimum Gasteiger partial charge on any atom is -0.379 e. The summed E-state index contributed by atoms with van der Waals surface area (Å²) in [6, 6.07) is 17.9. The van der Waals surface area contributed by atoms with Crippen LogP contribution in [0.1, 0.15) is 73.5 Å². The summed E-state index contributed by atoms with van der Waals surface area (Å²) in [5.74, 6) is -0.152. The first-order valence-electron chi connectivity index (χ1n) is 17.8. The van der Waals surface area contributed by atoms with E-state index in [2.05, 4.69) is 95.9 Å². The highest BCUT2D eigenvalue weighted by Crippen LogP contribution is 2.43. The van der Waals surface area contributed by atoms with Crippen LogP contribution < -0.4 is 21.1 Å². The molecule has 0 aliphatic carbocycles.